The SMILES string of the molecule is C#CCCCOC1CC(O)C(O)C(CO)O1.C=C(C)N. The van der Waals surface area contributed by atoms with Crippen LogP contribution in [0.4, 0.5) is 0 Å². The molecule has 116 valence electrons. The molecule has 6 heteroatoms. The number of terminal acetylenes is 1. The van der Waals surface area contributed by atoms with E-state index in [1.807, 2.05) is 0 Å². The van der Waals surface area contributed by atoms with Crippen LogP contribution in [0.5, 0.6) is 0 Å². The Morgan fingerprint density at radius 2 is 2.15 bits per heavy atom. The Kier molecular flexibility index (Phi) is 10.1. The first-order valence-electron chi connectivity index (χ1n) is 6.50. The number of aliphatic hydroxyl groups is 3. The molecule has 1 heterocycles. The maximum atomic E-state index is 9.50. The number of hydrogen-bond donors (Lipinski definition) is 4. The summed E-state index contributed by atoms with van der Waals surface area (Å²) in [7, 11) is 0. The van der Waals surface area contributed by atoms with Gasteiger partial charge in [0, 0.05) is 12.8 Å². The molecule has 0 bridgehead atoms. The lowest BCUT2D eigenvalue weighted by molar-refractivity contribution is -0.256. The Hall–Kier alpha value is -1.10. The van der Waals surface area contributed by atoms with Crippen molar-refractivity contribution in [3.63, 3.8) is 0 Å². The summed E-state index contributed by atoms with van der Waals surface area (Å²) in [5.41, 5.74) is 5.58. The van der Waals surface area contributed by atoms with Gasteiger partial charge in [-0.25, -0.2) is 0 Å². The van der Waals surface area contributed by atoms with Crippen molar-refractivity contribution in [3.8, 4) is 12.3 Å². The van der Waals surface area contributed by atoms with Crippen molar-refractivity contribution in [2.24, 2.45) is 5.73 Å². The van der Waals surface area contributed by atoms with Crippen molar-refractivity contribution in [2.75, 3.05) is 13.2 Å². The fraction of sp³-hybridized carbons (Fsp3) is 0.714. The van der Waals surface area contributed by atoms with Gasteiger partial charge in [0.1, 0.15) is 12.2 Å². The van der Waals surface area contributed by atoms with E-state index in [-0.39, 0.29) is 13.0 Å². The first kappa shape index (κ1) is 18.9. The lowest BCUT2D eigenvalue weighted by Gasteiger charge is -2.36. The summed E-state index contributed by atoms with van der Waals surface area (Å²) in [5.74, 6) is 2.49. The van der Waals surface area contributed by atoms with Gasteiger partial charge in [0.15, 0.2) is 6.29 Å². The van der Waals surface area contributed by atoms with Crippen LogP contribution >= 0.6 is 0 Å². The molecule has 0 spiro atoms. The first-order chi connectivity index (χ1) is 9.42. The molecule has 0 aliphatic carbocycles. The Labute approximate surface area is 120 Å². The lowest BCUT2D eigenvalue weighted by atomic mass is 10.0. The molecule has 1 saturated heterocycles. The van der Waals surface area contributed by atoms with Crippen LogP contribution in [0.25, 0.3) is 0 Å². The third-order valence-electron chi connectivity index (χ3n) is 2.48. The third kappa shape index (κ3) is 8.15. The summed E-state index contributed by atoms with van der Waals surface area (Å²) >= 11 is 0. The van der Waals surface area contributed by atoms with Gasteiger partial charge in [-0.3, -0.25) is 0 Å². The Balaban J connectivity index is 0.000000796. The van der Waals surface area contributed by atoms with Crippen LogP contribution in [-0.4, -0.2) is 53.1 Å². The van der Waals surface area contributed by atoms with E-state index in [0.717, 1.165) is 6.42 Å². The largest absolute Gasteiger partial charge is 0.403 e. The second kappa shape index (κ2) is 10.7. The van der Waals surface area contributed by atoms with E-state index in [4.69, 9.17) is 26.7 Å². The second-order valence-electron chi connectivity index (χ2n) is 4.61. The average molecular weight is 287 g/mol. The molecule has 1 fully saturated rings. The monoisotopic (exact) mass is 287 g/mol. The quantitative estimate of drug-likeness (QED) is 0.409. The topological polar surface area (TPSA) is 105 Å². The van der Waals surface area contributed by atoms with Crippen LogP contribution < -0.4 is 5.73 Å². The number of rotatable bonds is 5. The molecular formula is C14H25NO5. The maximum absolute atomic E-state index is 9.50. The molecule has 0 saturated carbocycles. The molecule has 4 atom stereocenters. The standard InChI is InChI=1S/C11H18O5.C3H7N/c1-2-3-4-5-15-10-6-8(13)11(14)9(7-12)16-10;1-3(2)4/h1,8-14H,3-7H2;1,4H2,2H3. The highest BCUT2D eigenvalue weighted by molar-refractivity contribution is 4.84. The molecule has 1 aliphatic heterocycles. The Bertz CT molecular complexity index is 311. The predicted octanol–water partition coefficient (Wildman–Crippen LogP) is -0.276. The molecule has 0 amide bonds. The van der Waals surface area contributed by atoms with E-state index < -0.39 is 24.6 Å². The molecular weight excluding hydrogens is 262 g/mol. The maximum Gasteiger partial charge on any atom is 0.160 e. The zero-order valence-electron chi connectivity index (χ0n) is 11.9. The van der Waals surface area contributed by atoms with Crippen molar-refractivity contribution in [1.82, 2.24) is 0 Å². The van der Waals surface area contributed by atoms with Crippen LogP contribution in [0.2, 0.25) is 0 Å². The van der Waals surface area contributed by atoms with E-state index in [1.165, 1.54) is 0 Å². The van der Waals surface area contributed by atoms with Gasteiger partial charge in [0.25, 0.3) is 0 Å². The van der Waals surface area contributed by atoms with E-state index in [2.05, 4.69) is 12.5 Å². The van der Waals surface area contributed by atoms with Crippen molar-refractivity contribution in [3.05, 3.63) is 12.3 Å². The molecule has 0 aromatic carbocycles. The second-order valence-corrected chi connectivity index (χ2v) is 4.61. The van der Waals surface area contributed by atoms with Crippen LogP contribution in [0.1, 0.15) is 26.2 Å². The van der Waals surface area contributed by atoms with Gasteiger partial charge in [-0.15, -0.1) is 12.3 Å². The zero-order chi connectivity index (χ0) is 15.5. The summed E-state index contributed by atoms with van der Waals surface area (Å²) in [4.78, 5) is 0. The summed E-state index contributed by atoms with van der Waals surface area (Å²) in [5, 5.41) is 27.9. The minimum Gasteiger partial charge on any atom is -0.403 e. The van der Waals surface area contributed by atoms with Gasteiger partial charge in [-0.05, 0) is 19.0 Å². The van der Waals surface area contributed by atoms with E-state index in [9.17, 15) is 10.2 Å². The minimum atomic E-state index is -1.06. The molecule has 1 aliphatic rings. The van der Waals surface area contributed by atoms with Gasteiger partial charge in [0.05, 0.1) is 19.3 Å². The average Bonchev–Trinajstić information content (AvgIpc) is 2.38. The molecule has 1 rings (SSSR count). The van der Waals surface area contributed by atoms with Crippen LogP contribution in [0.3, 0.4) is 0 Å². The summed E-state index contributed by atoms with van der Waals surface area (Å²) in [6.07, 6.45) is 3.27. The number of ether oxygens (including phenoxy) is 2. The van der Waals surface area contributed by atoms with Gasteiger partial charge in [-0.1, -0.05) is 6.58 Å². The predicted molar refractivity (Wildman–Crippen MR) is 75.4 cm³/mol. The highest BCUT2D eigenvalue weighted by atomic mass is 16.7. The molecule has 6 nitrogen and oxygen atoms in total. The van der Waals surface area contributed by atoms with Crippen molar-refractivity contribution in [2.45, 2.75) is 50.8 Å². The molecule has 0 aromatic rings. The number of unbranched alkanes of at least 4 members (excludes halogenated alkanes) is 1. The van der Waals surface area contributed by atoms with Gasteiger partial charge in [-0.2, -0.15) is 0 Å². The van der Waals surface area contributed by atoms with Crippen LogP contribution in [0, 0.1) is 12.3 Å². The fourth-order valence-corrected chi connectivity index (χ4v) is 1.56. The summed E-state index contributed by atoms with van der Waals surface area (Å²) in [6.45, 7) is 5.18. The van der Waals surface area contributed by atoms with Crippen molar-refractivity contribution >= 4 is 0 Å². The number of allylic oxidation sites excluding steroid dienone is 1. The summed E-state index contributed by atoms with van der Waals surface area (Å²) in [6, 6.07) is 0. The number of aliphatic hydroxyl groups excluding tert-OH is 3. The molecule has 20 heavy (non-hydrogen) atoms. The first-order valence-corrected chi connectivity index (χ1v) is 6.50. The smallest absolute Gasteiger partial charge is 0.160 e. The molecule has 0 aromatic heterocycles. The summed E-state index contributed by atoms with van der Waals surface area (Å²) < 4.78 is 10.6. The highest BCUT2D eigenvalue weighted by Crippen LogP contribution is 2.21. The lowest BCUT2D eigenvalue weighted by Crippen LogP contribution is -2.50. The van der Waals surface area contributed by atoms with E-state index >= 15 is 0 Å². The van der Waals surface area contributed by atoms with Gasteiger partial charge < -0.3 is 30.5 Å². The van der Waals surface area contributed by atoms with Crippen LogP contribution in [-0.2, 0) is 9.47 Å². The fourth-order valence-electron chi connectivity index (χ4n) is 1.56. The highest BCUT2D eigenvalue weighted by Gasteiger charge is 2.36. The van der Waals surface area contributed by atoms with Crippen molar-refractivity contribution < 1.29 is 24.8 Å². The minimum absolute atomic E-state index is 0.202. The number of hydrogen-bond acceptors (Lipinski definition) is 6. The van der Waals surface area contributed by atoms with Gasteiger partial charge in [0.2, 0.25) is 0 Å². The van der Waals surface area contributed by atoms with E-state index in [1.54, 1.807) is 6.92 Å². The van der Waals surface area contributed by atoms with Crippen LogP contribution in [0.15, 0.2) is 12.3 Å². The third-order valence-corrected chi connectivity index (χ3v) is 2.48. The van der Waals surface area contributed by atoms with Gasteiger partial charge >= 0.3 is 0 Å². The molecule has 4 unspecified atom stereocenters. The van der Waals surface area contributed by atoms with Crippen molar-refractivity contribution in [1.29, 1.82) is 0 Å². The van der Waals surface area contributed by atoms with E-state index in [0.29, 0.717) is 18.7 Å². The Morgan fingerprint density at radius 3 is 2.65 bits per heavy atom. The zero-order valence-corrected chi connectivity index (χ0v) is 11.9. The normalized spacial score (nSPS) is 28.9. The molecule has 0 radical (unpaired) electrons. The number of nitrogens with two attached hydrogens (primary N) is 1. The molecule has 5 N–H and O–H groups in total. The Morgan fingerprint density at radius 1 is 1.55 bits per heavy atom.